The second-order valence-corrected chi connectivity index (χ2v) is 8.16. The first-order valence-corrected chi connectivity index (χ1v) is 11.2. The smallest absolute Gasteiger partial charge is 0.233 e. The first-order valence-electron chi connectivity index (χ1n) is 11.2. The second kappa shape index (κ2) is 10.4. The molecule has 4 N–H and O–H groups in total. The summed E-state index contributed by atoms with van der Waals surface area (Å²) in [7, 11) is 1.67. The van der Waals surface area contributed by atoms with Gasteiger partial charge < -0.3 is 26.0 Å². The summed E-state index contributed by atoms with van der Waals surface area (Å²) in [4.78, 5) is 14.0. The first-order chi connectivity index (χ1) is 14.8. The highest BCUT2D eigenvalue weighted by molar-refractivity contribution is 5.56. The molecule has 2 heterocycles. The fraction of sp³-hybridized carbons (Fsp3) is 0.591. The van der Waals surface area contributed by atoms with Crippen molar-refractivity contribution in [2.45, 2.75) is 63.5 Å². The number of nitrogens with one attached hydrogen (secondary N) is 4. The maximum Gasteiger partial charge on any atom is 0.233 e. The molecule has 0 atom stereocenters. The zero-order chi connectivity index (χ0) is 20.6. The lowest BCUT2D eigenvalue weighted by Gasteiger charge is -2.24. The maximum atomic E-state index is 5.24. The van der Waals surface area contributed by atoms with Crippen LogP contribution in [-0.4, -0.2) is 47.2 Å². The number of methoxy groups -OCH3 is 1. The number of piperidine rings is 1. The lowest BCUT2D eigenvalue weighted by atomic mass is 10.1. The van der Waals surface area contributed by atoms with Gasteiger partial charge in [0, 0.05) is 17.8 Å². The van der Waals surface area contributed by atoms with E-state index in [1.54, 1.807) is 7.11 Å². The Morgan fingerprint density at radius 1 is 0.767 bits per heavy atom. The van der Waals surface area contributed by atoms with Gasteiger partial charge in [0.15, 0.2) is 0 Å². The Labute approximate surface area is 178 Å². The van der Waals surface area contributed by atoms with Crippen molar-refractivity contribution in [2.75, 3.05) is 36.1 Å². The molecule has 2 aliphatic rings. The summed E-state index contributed by atoms with van der Waals surface area (Å²) in [5.41, 5.74) is 0.912. The van der Waals surface area contributed by atoms with E-state index in [4.69, 9.17) is 9.72 Å². The summed E-state index contributed by atoms with van der Waals surface area (Å²) in [5.74, 6) is 2.64. The molecule has 2 aromatic rings. The Balaban J connectivity index is 1.52. The third-order valence-electron chi connectivity index (χ3n) is 5.84. The Morgan fingerprint density at radius 2 is 1.33 bits per heavy atom. The molecule has 2 fully saturated rings. The molecule has 4 rings (SSSR count). The minimum atomic E-state index is 0.383. The Hall–Kier alpha value is -2.61. The van der Waals surface area contributed by atoms with Gasteiger partial charge in [0.05, 0.1) is 7.11 Å². The van der Waals surface area contributed by atoms with Crippen molar-refractivity contribution in [1.29, 1.82) is 0 Å². The summed E-state index contributed by atoms with van der Waals surface area (Å²) < 4.78 is 5.24. The molecule has 1 aliphatic carbocycles. The van der Waals surface area contributed by atoms with Crippen molar-refractivity contribution >= 4 is 23.5 Å². The fourth-order valence-corrected chi connectivity index (χ4v) is 4.12. The minimum absolute atomic E-state index is 0.383. The van der Waals surface area contributed by atoms with Crippen LogP contribution in [0.4, 0.5) is 23.5 Å². The van der Waals surface area contributed by atoms with Crippen LogP contribution in [0, 0.1) is 0 Å². The molecule has 8 heteroatoms. The molecule has 0 unspecified atom stereocenters. The standard InChI is InChI=1S/C22H33N7O/c1-30-19-10-8-17(9-11-19)25-21-27-20(24-16-6-4-2-3-5-7-16)28-22(29-21)26-18-12-14-23-15-13-18/h8-11,16,18,23H,2-7,12-15H2,1H3,(H3,24,25,26,27,28,29). The van der Waals surface area contributed by atoms with Gasteiger partial charge in [-0.05, 0) is 63.0 Å². The van der Waals surface area contributed by atoms with E-state index in [0.29, 0.717) is 29.9 Å². The third-order valence-corrected chi connectivity index (χ3v) is 5.84. The molecule has 8 nitrogen and oxygen atoms in total. The number of rotatable bonds is 7. The van der Waals surface area contributed by atoms with Gasteiger partial charge in [0.1, 0.15) is 5.75 Å². The average Bonchev–Trinajstić information content (AvgIpc) is 3.03. The second-order valence-electron chi connectivity index (χ2n) is 8.16. The Morgan fingerprint density at radius 3 is 1.93 bits per heavy atom. The van der Waals surface area contributed by atoms with E-state index in [-0.39, 0.29) is 0 Å². The van der Waals surface area contributed by atoms with Gasteiger partial charge in [-0.1, -0.05) is 25.7 Å². The van der Waals surface area contributed by atoms with Crippen molar-refractivity contribution < 1.29 is 4.74 Å². The van der Waals surface area contributed by atoms with Crippen molar-refractivity contribution in [3.8, 4) is 5.75 Å². The van der Waals surface area contributed by atoms with Crippen molar-refractivity contribution in [3.63, 3.8) is 0 Å². The topological polar surface area (TPSA) is 96.0 Å². The first kappa shape index (κ1) is 20.7. The fourth-order valence-electron chi connectivity index (χ4n) is 4.12. The summed E-state index contributed by atoms with van der Waals surface area (Å²) in [6.07, 6.45) is 9.65. The van der Waals surface area contributed by atoms with Crippen LogP contribution >= 0.6 is 0 Å². The highest BCUT2D eigenvalue weighted by Gasteiger charge is 2.18. The van der Waals surface area contributed by atoms with Crippen molar-refractivity contribution in [2.24, 2.45) is 0 Å². The molecule has 0 spiro atoms. The summed E-state index contributed by atoms with van der Waals surface area (Å²) in [5, 5.41) is 13.8. The largest absolute Gasteiger partial charge is 0.497 e. The van der Waals surface area contributed by atoms with E-state index in [2.05, 4.69) is 31.2 Å². The molecule has 0 radical (unpaired) electrons. The molecule has 1 saturated heterocycles. The summed E-state index contributed by atoms with van der Waals surface area (Å²) >= 11 is 0. The van der Waals surface area contributed by atoms with E-state index in [0.717, 1.165) is 37.4 Å². The van der Waals surface area contributed by atoms with Gasteiger partial charge in [-0.3, -0.25) is 0 Å². The lowest BCUT2D eigenvalue weighted by molar-refractivity contribution is 0.415. The molecule has 162 valence electrons. The van der Waals surface area contributed by atoms with E-state index >= 15 is 0 Å². The van der Waals surface area contributed by atoms with Gasteiger partial charge in [0.2, 0.25) is 17.8 Å². The number of hydrogen-bond acceptors (Lipinski definition) is 8. The van der Waals surface area contributed by atoms with Gasteiger partial charge >= 0.3 is 0 Å². The lowest BCUT2D eigenvalue weighted by Crippen LogP contribution is -2.36. The number of anilines is 4. The minimum Gasteiger partial charge on any atom is -0.497 e. The van der Waals surface area contributed by atoms with Crippen LogP contribution in [0.2, 0.25) is 0 Å². The maximum absolute atomic E-state index is 5.24. The monoisotopic (exact) mass is 411 g/mol. The quantitative estimate of drug-likeness (QED) is 0.509. The average molecular weight is 412 g/mol. The van der Waals surface area contributed by atoms with Gasteiger partial charge in [-0.15, -0.1) is 0 Å². The normalized spacial score (nSPS) is 18.4. The zero-order valence-corrected chi connectivity index (χ0v) is 17.8. The number of hydrogen-bond donors (Lipinski definition) is 4. The number of ether oxygens (including phenoxy) is 1. The highest BCUT2D eigenvalue weighted by atomic mass is 16.5. The number of nitrogens with zero attached hydrogens (tertiary/aromatic N) is 3. The van der Waals surface area contributed by atoms with Crippen LogP contribution in [-0.2, 0) is 0 Å². The summed E-state index contributed by atoms with van der Waals surface area (Å²) in [6, 6.07) is 8.57. The van der Waals surface area contributed by atoms with Crippen LogP contribution < -0.4 is 26.0 Å². The van der Waals surface area contributed by atoms with E-state index in [9.17, 15) is 0 Å². The zero-order valence-electron chi connectivity index (χ0n) is 17.8. The van der Waals surface area contributed by atoms with Crippen LogP contribution in [0.25, 0.3) is 0 Å². The van der Waals surface area contributed by atoms with Gasteiger partial charge in [-0.25, -0.2) is 0 Å². The Bertz CT molecular complexity index is 785. The van der Waals surface area contributed by atoms with E-state index in [1.807, 2.05) is 24.3 Å². The van der Waals surface area contributed by atoms with E-state index < -0.39 is 0 Å². The van der Waals surface area contributed by atoms with Gasteiger partial charge in [-0.2, -0.15) is 15.0 Å². The number of benzene rings is 1. The van der Waals surface area contributed by atoms with Gasteiger partial charge in [0.25, 0.3) is 0 Å². The predicted molar refractivity (Wildman–Crippen MR) is 121 cm³/mol. The van der Waals surface area contributed by atoms with Crippen LogP contribution in [0.15, 0.2) is 24.3 Å². The molecular weight excluding hydrogens is 378 g/mol. The predicted octanol–water partition coefficient (Wildman–Crippen LogP) is 3.92. The third kappa shape index (κ3) is 5.95. The molecule has 1 aromatic carbocycles. The van der Waals surface area contributed by atoms with E-state index in [1.165, 1.54) is 38.5 Å². The van der Waals surface area contributed by atoms with Crippen molar-refractivity contribution in [3.05, 3.63) is 24.3 Å². The molecule has 1 aliphatic heterocycles. The highest BCUT2D eigenvalue weighted by Crippen LogP contribution is 2.23. The molecule has 0 bridgehead atoms. The SMILES string of the molecule is COc1ccc(Nc2nc(NC3CCCCCC3)nc(NC3CCNCC3)n2)cc1. The van der Waals surface area contributed by atoms with Crippen LogP contribution in [0.1, 0.15) is 51.4 Å². The Kier molecular flexibility index (Phi) is 7.18. The molecule has 1 aromatic heterocycles. The summed E-state index contributed by atoms with van der Waals surface area (Å²) in [6.45, 7) is 2.04. The van der Waals surface area contributed by atoms with Crippen LogP contribution in [0.3, 0.4) is 0 Å². The molecule has 1 saturated carbocycles. The van der Waals surface area contributed by atoms with Crippen LogP contribution in [0.5, 0.6) is 5.75 Å². The molecular formula is C22H33N7O. The molecule has 30 heavy (non-hydrogen) atoms. The number of aromatic nitrogens is 3. The van der Waals surface area contributed by atoms with Crippen molar-refractivity contribution in [1.82, 2.24) is 20.3 Å². The molecule has 0 amide bonds.